The van der Waals surface area contributed by atoms with E-state index in [2.05, 4.69) is 6.08 Å². The quantitative estimate of drug-likeness (QED) is 0.604. The van der Waals surface area contributed by atoms with Crippen LogP contribution in [-0.4, -0.2) is 20.3 Å². The SMILES string of the molecule is COC1=CCCC(OC)C=C1. The number of methoxy groups -OCH3 is 2. The molecular weight excluding hydrogens is 140 g/mol. The molecule has 1 aliphatic carbocycles. The first-order valence-electron chi connectivity index (χ1n) is 3.82. The zero-order valence-electron chi connectivity index (χ0n) is 7.04. The van der Waals surface area contributed by atoms with Crippen LogP contribution in [0.2, 0.25) is 0 Å². The van der Waals surface area contributed by atoms with E-state index in [1.807, 2.05) is 12.2 Å². The molecule has 0 heterocycles. The van der Waals surface area contributed by atoms with Gasteiger partial charge in [-0.15, -0.1) is 0 Å². The second kappa shape index (κ2) is 4.19. The Hall–Kier alpha value is -0.760. The van der Waals surface area contributed by atoms with Crippen molar-refractivity contribution in [2.24, 2.45) is 0 Å². The van der Waals surface area contributed by atoms with E-state index in [-0.39, 0.29) is 6.10 Å². The molecule has 0 saturated carbocycles. The van der Waals surface area contributed by atoms with E-state index < -0.39 is 0 Å². The molecule has 0 aromatic carbocycles. The van der Waals surface area contributed by atoms with Gasteiger partial charge in [-0.1, -0.05) is 6.08 Å². The summed E-state index contributed by atoms with van der Waals surface area (Å²) in [6, 6.07) is 0. The van der Waals surface area contributed by atoms with Crippen LogP contribution in [-0.2, 0) is 9.47 Å². The zero-order chi connectivity index (χ0) is 8.10. The molecule has 0 spiro atoms. The summed E-state index contributed by atoms with van der Waals surface area (Å²) in [5.41, 5.74) is 0. The van der Waals surface area contributed by atoms with Crippen molar-refractivity contribution in [2.45, 2.75) is 18.9 Å². The van der Waals surface area contributed by atoms with Crippen LogP contribution in [0.15, 0.2) is 24.0 Å². The van der Waals surface area contributed by atoms with Crippen LogP contribution in [0.4, 0.5) is 0 Å². The van der Waals surface area contributed by atoms with Gasteiger partial charge >= 0.3 is 0 Å². The fraction of sp³-hybridized carbons (Fsp3) is 0.556. The molecule has 1 atom stereocenters. The first kappa shape index (κ1) is 8.34. The van der Waals surface area contributed by atoms with Crippen molar-refractivity contribution in [1.29, 1.82) is 0 Å². The predicted octanol–water partition coefficient (Wildman–Crippen LogP) is 1.88. The highest BCUT2D eigenvalue weighted by molar-refractivity contribution is 5.15. The Morgan fingerprint density at radius 3 is 2.91 bits per heavy atom. The van der Waals surface area contributed by atoms with E-state index in [0.717, 1.165) is 18.6 Å². The van der Waals surface area contributed by atoms with Crippen molar-refractivity contribution >= 4 is 0 Å². The smallest absolute Gasteiger partial charge is 0.114 e. The van der Waals surface area contributed by atoms with Gasteiger partial charge in [0.1, 0.15) is 5.76 Å². The summed E-state index contributed by atoms with van der Waals surface area (Å²) in [6.07, 6.45) is 8.38. The van der Waals surface area contributed by atoms with Crippen molar-refractivity contribution in [3.05, 3.63) is 24.0 Å². The topological polar surface area (TPSA) is 18.5 Å². The Morgan fingerprint density at radius 2 is 2.27 bits per heavy atom. The van der Waals surface area contributed by atoms with Gasteiger partial charge in [-0.25, -0.2) is 0 Å². The molecule has 11 heavy (non-hydrogen) atoms. The Bertz CT molecular complexity index is 170. The van der Waals surface area contributed by atoms with Gasteiger partial charge < -0.3 is 9.47 Å². The largest absolute Gasteiger partial charge is 0.497 e. The first-order chi connectivity index (χ1) is 5.36. The average Bonchev–Trinajstić information content (AvgIpc) is 2.28. The molecule has 0 radical (unpaired) electrons. The van der Waals surface area contributed by atoms with Gasteiger partial charge in [0.25, 0.3) is 0 Å². The normalized spacial score (nSPS) is 24.2. The minimum absolute atomic E-state index is 0.249. The van der Waals surface area contributed by atoms with Crippen LogP contribution in [0.5, 0.6) is 0 Å². The maximum absolute atomic E-state index is 5.19. The molecule has 0 bridgehead atoms. The van der Waals surface area contributed by atoms with Crippen LogP contribution in [0.25, 0.3) is 0 Å². The lowest BCUT2D eigenvalue weighted by Crippen LogP contribution is -2.04. The molecule has 0 aromatic heterocycles. The number of hydrogen-bond donors (Lipinski definition) is 0. The van der Waals surface area contributed by atoms with E-state index >= 15 is 0 Å². The first-order valence-corrected chi connectivity index (χ1v) is 3.82. The maximum atomic E-state index is 5.19. The summed E-state index contributed by atoms with van der Waals surface area (Å²) in [5, 5.41) is 0. The molecule has 0 aromatic rings. The fourth-order valence-electron chi connectivity index (χ4n) is 1.10. The number of allylic oxidation sites excluding steroid dienone is 2. The van der Waals surface area contributed by atoms with Gasteiger partial charge in [0, 0.05) is 7.11 Å². The molecule has 0 N–H and O–H groups in total. The molecular formula is C9H14O2. The van der Waals surface area contributed by atoms with Crippen LogP contribution in [0.1, 0.15) is 12.8 Å². The summed E-state index contributed by atoms with van der Waals surface area (Å²) in [6.45, 7) is 0. The highest BCUT2D eigenvalue weighted by atomic mass is 16.5. The van der Waals surface area contributed by atoms with Crippen molar-refractivity contribution < 1.29 is 9.47 Å². The molecule has 0 saturated heterocycles. The van der Waals surface area contributed by atoms with E-state index in [4.69, 9.17) is 9.47 Å². The van der Waals surface area contributed by atoms with Crippen molar-refractivity contribution in [3.8, 4) is 0 Å². The van der Waals surface area contributed by atoms with Gasteiger partial charge in [-0.3, -0.25) is 0 Å². The molecule has 1 unspecified atom stereocenters. The fourth-order valence-corrected chi connectivity index (χ4v) is 1.10. The van der Waals surface area contributed by atoms with Gasteiger partial charge in [0.15, 0.2) is 0 Å². The second-order valence-electron chi connectivity index (χ2n) is 2.52. The van der Waals surface area contributed by atoms with Gasteiger partial charge in [-0.05, 0) is 25.0 Å². The monoisotopic (exact) mass is 154 g/mol. The second-order valence-corrected chi connectivity index (χ2v) is 2.52. The van der Waals surface area contributed by atoms with Crippen LogP contribution in [0, 0.1) is 0 Å². The molecule has 0 aliphatic heterocycles. The summed E-state index contributed by atoms with van der Waals surface area (Å²) in [7, 11) is 3.41. The molecule has 62 valence electrons. The van der Waals surface area contributed by atoms with E-state index in [9.17, 15) is 0 Å². The van der Waals surface area contributed by atoms with E-state index in [1.54, 1.807) is 14.2 Å². The Balaban J connectivity index is 2.53. The molecule has 2 nitrogen and oxygen atoms in total. The third-order valence-electron chi connectivity index (χ3n) is 1.81. The van der Waals surface area contributed by atoms with E-state index in [0.29, 0.717) is 0 Å². The van der Waals surface area contributed by atoms with Gasteiger partial charge in [0.05, 0.1) is 13.2 Å². The summed E-state index contributed by atoms with van der Waals surface area (Å²) in [4.78, 5) is 0. The van der Waals surface area contributed by atoms with Crippen molar-refractivity contribution in [2.75, 3.05) is 14.2 Å². The lowest BCUT2D eigenvalue weighted by molar-refractivity contribution is 0.135. The van der Waals surface area contributed by atoms with Crippen molar-refractivity contribution in [3.63, 3.8) is 0 Å². The summed E-state index contributed by atoms with van der Waals surface area (Å²) >= 11 is 0. The average molecular weight is 154 g/mol. The third kappa shape index (κ3) is 2.39. The molecule has 0 fully saturated rings. The zero-order valence-corrected chi connectivity index (χ0v) is 7.04. The van der Waals surface area contributed by atoms with Gasteiger partial charge in [0.2, 0.25) is 0 Å². The Morgan fingerprint density at radius 1 is 1.45 bits per heavy atom. The van der Waals surface area contributed by atoms with Crippen molar-refractivity contribution in [1.82, 2.24) is 0 Å². The highest BCUT2D eigenvalue weighted by Crippen LogP contribution is 2.12. The number of hydrogen-bond acceptors (Lipinski definition) is 2. The molecule has 0 amide bonds. The Labute approximate surface area is 67.5 Å². The standard InChI is InChI=1S/C9H14O2/c1-10-8-4-3-5-9(11-2)7-6-8/h4,6-7,9H,3,5H2,1-2H3. The minimum atomic E-state index is 0.249. The van der Waals surface area contributed by atoms with Crippen LogP contribution < -0.4 is 0 Å². The number of rotatable bonds is 2. The lowest BCUT2D eigenvalue weighted by Gasteiger charge is -2.05. The third-order valence-corrected chi connectivity index (χ3v) is 1.81. The number of ether oxygens (including phenoxy) is 2. The maximum Gasteiger partial charge on any atom is 0.114 e. The van der Waals surface area contributed by atoms with E-state index in [1.165, 1.54) is 0 Å². The Kier molecular flexibility index (Phi) is 3.17. The highest BCUT2D eigenvalue weighted by Gasteiger charge is 2.05. The predicted molar refractivity (Wildman–Crippen MR) is 44.3 cm³/mol. The molecule has 1 rings (SSSR count). The summed E-state index contributed by atoms with van der Waals surface area (Å²) in [5.74, 6) is 0.935. The molecule has 1 aliphatic rings. The van der Waals surface area contributed by atoms with Gasteiger partial charge in [-0.2, -0.15) is 0 Å². The molecule has 2 heteroatoms. The minimum Gasteiger partial charge on any atom is -0.497 e. The lowest BCUT2D eigenvalue weighted by atomic mass is 10.2. The van der Waals surface area contributed by atoms with Crippen LogP contribution >= 0.6 is 0 Å². The summed E-state index contributed by atoms with van der Waals surface area (Å²) < 4.78 is 10.3. The van der Waals surface area contributed by atoms with Crippen LogP contribution in [0.3, 0.4) is 0 Å².